The van der Waals surface area contributed by atoms with Crippen LogP contribution in [0.4, 0.5) is 0 Å². The molecule has 0 saturated carbocycles. The summed E-state index contributed by atoms with van der Waals surface area (Å²) in [5.74, 6) is -1.52. The van der Waals surface area contributed by atoms with Gasteiger partial charge in [-0.05, 0) is 67.5 Å². The highest BCUT2D eigenvalue weighted by molar-refractivity contribution is 5.93. The number of aromatic nitrogens is 2. The Hall–Kier alpha value is -3.15. The van der Waals surface area contributed by atoms with Gasteiger partial charge in [-0.15, -0.1) is 0 Å². The molecule has 1 aromatic carbocycles. The van der Waals surface area contributed by atoms with Crippen LogP contribution in [0.3, 0.4) is 0 Å². The Morgan fingerprint density at radius 2 is 1.55 bits per heavy atom. The van der Waals surface area contributed by atoms with Crippen molar-refractivity contribution in [3.05, 3.63) is 53.3 Å². The summed E-state index contributed by atoms with van der Waals surface area (Å²) >= 11 is 0. The third kappa shape index (κ3) is 5.94. The molecule has 0 atom stereocenters. The molecule has 31 heavy (non-hydrogen) atoms. The molecular formula is C25H30N2O4. The normalized spacial score (nSPS) is 11.1. The third-order valence-corrected chi connectivity index (χ3v) is 5.81. The Kier molecular flexibility index (Phi) is 7.82. The summed E-state index contributed by atoms with van der Waals surface area (Å²) < 4.78 is 0. The van der Waals surface area contributed by atoms with Crippen LogP contribution >= 0.6 is 0 Å². The number of aliphatic carboxylic acids is 2. The largest absolute Gasteiger partial charge is 0.481 e. The van der Waals surface area contributed by atoms with Crippen LogP contribution < -0.4 is 0 Å². The van der Waals surface area contributed by atoms with Crippen LogP contribution in [0.1, 0.15) is 61.6 Å². The number of carboxylic acid groups (broad SMARTS) is 2. The third-order valence-electron chi connectivity index (χ3n) is 5.81. The molecule has 3 aromatic rings. The van der Waals surface area contributed by atoms with Crippen molar-refractivity contribution in [3.63, 3.8) is 0 Å². The number of hydrogen-bond donors (Lipinski definition) is 3. The molecule has 6 nitrogen and oxygen atoms in total. The fraction of sp³-hybridized carbons (Fsp3) is 0.400. The second-order valence-electron chi connectivity index (χ2n) is 8.04. The Morgan fingerprint density at radius 3 is 2.26 bits per heavy atom. The fourth-order valence-corrected chi connectivity index (χ4v) is 4.25. The van der Waals surface area contributed by atoms with E-state index in [4.69, 9.17) is 10.2 Å². The van der Waals surface area contributed by atoms with Gasteiger partial charge in [-0.2, -0.15) is 0 Å². The molecule has 0 amide bonds. The number of aromatic amines is 1. The minimum absolute atomic E-state index is 0.119. The van der Waals surface area contributed by atoms with E-state index in [1.165, 1.54) is 16.5 Å². The van der Waals surface area contributed by atoms with E-state index >= 15 is 0 Å². The summed E-state index contributed by atoms with van der Waals surface area (Å²) in [4.78, 5) is 29.4. The minimum atomic E-state index is -0.784. The summed E-state index contributed by atoms with van der Waals surface area (Å²) in [7, 11) is 0. The molecule has 164 valence electrons. The van der Waals surface area contributed by atoms with Gasteiger partial charge in [0.2, 0.25) is 0 Å². The zero-order valence-electron chi connectivity index (χ0n) is 18.0. The van der Waals surface area contributed by atoms with Gasteiger partial charge in [0, 0.05) is 47.4 Å². The van der Waals surface area contributed by atoms with Crippen LogP contribution in [0.25, 0.3) is 22.2 Å². The van der Waals surface area contributed by atoms with E-state index in [1.807, 2.05) is 12.1 Å². The SMILES string of the molecule is Cc1c(-c2ccncc2)[nH]c2ccc(CCC(=O)O)c(CCCCCCCC(=O)O)c12. The summed E-state index contributed by atoms with van der Waals surface area (Å²) in [6.45, 7) is 2.12. The lowest BCUT2D eigenvalue weighted by Gasteiger charge is -2.12. The van der Waals surface area contributed by atoms with Gasteiger partial charge in [-0.1, -0.05) is 25.3 Å². The van der Waals surface area contributed by atoms with E-state index in [2.05, 4.69) is 29.0 Å². The van der Waals surface area contributed by atoms with Crippen LogP contribution in [0.15, 0.2) is 36.7 Å². The lowest BCUT2D eigenvalue weighted by molar-refractivity contribution is -0.138. The zero-order valence-corrected chi connectivity index (χ0v) is 18.0. The lowest BCUT2D eigenvalue weighted by Crippen LogP contribution is -2.02. The van der Waals surface area contributed by atoms with E-state index in [1.54, 1.807) is 12.4 Å². The molecule has 0 aliphatic carbocycles. The minimum Gasteiger partial charge on any atom is -0.481 e. The van der Waals surface area contributed by atoms with Crippen molar-refractivity contribution in [1.82, 2.24) is 9.97 Å². The van der Waals surface area contributed by atoms with Crippen LogP contribution in [-0.4, -0.2) is 32.1 Å². The van der Waals surface area contributed by atoms with Gasteiger partial charge in [-0.25, -0.2) is 0 Å². The first-order valence-electron chi connectivity index (χ1n) is 10.9. The van der Waals surface area contributed by atoms with Gasteiger partial charge >= 0.3 is 11.9 Å². The van der Waals surface area contributed by atoms with E-state index < -0.39 is 11.9 Å². The number of nitrogens with one attached hydrogen (secondary N) is 1. The zero-order chi connectivity index (χ0) is 22.2. The highest BCUT2D eigenvalue weighted by Crippen LogP contribution is 2.34. The molecule has 0 saturated heterocycles. The molecule has 6 heteroatoms. The van der Waals surface area contributed by atoms with Crippen LogP contribution in [-0.2, 0) is 22.4 Å². The number of rotatable bonds is 12. The number of pyridine rings is 1. The number of unbranched alkanes of at least 4 members (excludes halogenated alkanes) is 4. The molecule has 0 aliphatic heterocycles. The molecule has 0 fully saturated rings. The first-order chi connectivity index (χ1) is 15.0. The average Bonchev–Trinajstić information content (AvgIpc) is 3.09. The standard InChI is InChI=1S/C25H30N2O4/c1-17-24-20(7-5-3-2-4-6-8-22(28)29)18(10-12-23(30)31)9-11-21(24)27-25(17)19-13-15-26-16-14-19/h9,11,13-16,27H,2-8,10,12H2,1H3,(H,28,29)(H,30,31). The number of carboxylic acids is 2. The topological polar surface area (TPSA) is 103 Å². The van der Waals surface area contributed by atoms with Crippen molar-refractivity contribution in [2.75, 3.05) is 0 Å². The first kappa shape index (κ1) is 22.5. The number of carbonyl (C=O) groups is 2. The fourth-order valence-electron chi connectivity index (χ4n) is 4.25. The first-order valence-corrected chi connectivity index (χ1v) is 10.9. The number of aryl methyl sites for hydroxylation is 3. The van der Waals surface area contributed by atoms with Crippen molar-refractivity contribution in [3.8, 4) is 11.3 Å². The maximum atomic E-state index is 11.2. The maximum absolute atomic E-state index is 11.2. The van der Waals surface area contributed by atoms with Gasteiger partial charge < -0.3 is 15.2 Å². The summed E-state index contributed by atoms with van der Waals surface area (Å²) in [6.07, 6.45) is 10.0. The lowest BCUT2D eigenvalue weighted by atomic mass is 9.92. The average molecular weight is 423 g/mol. The molecule has 2 aromatic heterocycles. The number of H-pyrrole nitrogens is 1. The smallest absolute Gasteiger partial charge is 0.303 e. The van der Waals surface area contributed by atoms with Crippen LogP contribution in [0, 0.1) is 6.92 Å². The summed E-state index contributed by atoms with van der Waals surface area (Å²) in [6, 6.07) is 8.08. The molecule has 3 rings (SSSR count). The monoisotopic (exact) mass is 422 g/mol. The Morgan fingerprint density at radius 1 is 0.871 bits per heavy atom. The van der Waals surface area contributed by atoms with Crippen molar-refractivity contribution < 1.29 is 19.8 Å². The van der Waals surface area contributed by atoms with Gasteiger partial charge in [0.05, 0.1) is 0 Å². The van der Waals surface area contributed by atoms with Crippen LogP contribution in [0.5, 0.6) is 0 Å². The Labute approximate surface area is 182 Å². The number of hydrogen-bond acceptors (Lipinski definition) is 3. The van der Waals surface area contributed by atoms with Crippen molar-refractivity contribution in [2.45, 2.75) is 64.7 Å². The van der Waals surface area contributed by atoms with E-state index in [9.17, 15) is 9.59 Å². The summed E-state index contributed by atoms with van der Waals surface area (Å²) in [5.41, 5.74) is 6.74. The number of fused-ring (bicyclic) bond motifs is 1. The van der Waals surface area contributed by atoms with E-state index in [0.717, 1.165) is 60.9 Å². The van der Waals surface area contributed by atoms with Gasteiger partial charge in [0.1, 0.15) is 0 Å². The Bertz CT molecular complexity index is 1040. The quantitative estimate of drug-likeness (QED) is 0.333. The predicted octanol–water partition coefficient (Wildman–Crippen LogP) is 5.52. The molecule has 0 spiro atoms. The predicted molar refractivity (Wildman–Crippen MR) is 121 cm³/mol. The summed E-state index contributed by atoms with van der Waals surface area (Å²) in [5, 5.41) is 19.1. The number of benzene rings is 1. The molecule has 0 radical (unpaired) electrons. The number of nitrogens with zero attached hydrogens (tertiary/aromatic N) is 1. The van der Waals surface area contributed by atoms with E-state index in [0.29, 0.717) is 6.42 Å². The highest BCUT2D eigenvalue weighted by atomic mass is 16.4. The van der Waals surface area contributed by atoms with Gasteiger partial charge in [-0.3, -0.25) is 14.6 Å². The molecule has 0 aliphatic rings. The second-order valence-corrected chi connectivity index (χ2v) is 8.04. The molecule has 3 N–H and O–H groups in total. The highest BCUT2D eigenvalue weighted by Gasteiger charge is 2.16. The van der Waals surface area contributed by atoms with E-state index in [-0.39, 0.29) is 12.8 Å². The molecular weight excluding hydrogens is 392 g/mol. The van der Waals surface area contributed by atoms with Crippen LogP contribution in [0.2, 0.25) is 0 Å². The van der Waals surface area contributed by atoms with Gasteiger partial charge in [0.25, 0.3) is 0 Å². The van der Waals surface area contributed by atoms with Gasteiger partial charge in [0.15, 0.2) is 0 Å². The second kappa shape index (κ2) is 10.8. The molecule has 2 heterocycles. The molecule has 0 unspecified atom stereocenters. The Balaban J connectivity index is 1.82. The molecule has 0 bridgehead atoms. The van der Waals surface area contributed by atoms with Crippen molar-refractivity contribution >= 4 is 22.8 Å². The van der Waals surface area contributed by atoms with Crippen molar-refractivity contribution in [1.29, 1.82) is 0 Å². The van der Waals surface area contributed by atoms with Crippen molar-refractivity contribution in [2.24, 2.45) is 0 Å². The maximum Gasteiger partial charge on any atom is 0.303 e.